The standard InChI is InChI=1S/C7H11O/c1-4-5-7(8)6(2)3/h6-8H,5H2,2-3H3. The first-order valence-corrected chi connectivity index (χ1v) is 2.76. The van der Waals surface area contributed by atoms with Gasteiger partial charge in [0.1, 0.15) is 0 Å². The van der Waals surface area contributed by atoms with Gasteiger partial charge >= 0.3 is 0 Å². The third-order valence-corrected chi connectivity index (χ3v) is 1.08. The van der Waals surface area contributed by atoms with Crippen molar-refractivity contribution < 1.29 is 5.11 Å². The molecule has 0 heterocycles. The van der Waals surface area contributed by atoms with Gasteiger partial charge in [-0.15, -0.1) is 0 Å². The summed E-state index contributed by atoms with van der Waals surface area (Å²) < 4.78 is 0. The number of aliphatic hydroxyl groups is 1. The molecule has 1 nitrogen and oxygen atoms in total. The fourth-order valence-corrected chi connectivity index (χ4v) is 0.340. The van der Waals surface area contributed by atoms with Crippen molar-refractivity contribution in [3.63, 3.8) is 0 Å². The van der Waals surface area contributed by atoms with Gasteiger partial charge in [0, 0.05) is 6.42 Å². The Morgan fingerprint density at radius 2 is 2.12 bits per heavy atom. The highest BCUT2D eigenvalue weighted by atomic mass is 16.3. The van der Waals surface area contributed by atoms with Gasteiger partial charge < -0.3 is 5.11 Å². The van der Waals surface area contributed by atoms with E-state index in [-0.39, 0.29) is 12.0 Å². The Bertz CT molecular complexity index is 89.1. The number of rotatable bonds is 2. The van der Waals surface area contributed by atoms with E-state index in [1.54, 1.807) is 0 Å². The third kappa shape index (κ3) is 2.65. The van der Waals surface area contributed by atoms with Gasteiger partial charge in [0.15, 0.2) is 0 Å². The molecule has 0 aromatic carbocycles. The van der Waals surface area contributed by atoms with Crippen LogP contribution in [0.15, 0.2) is 0 Å². The highest BCUT2D eigenvalue weighted by Crippen LogP contribution is 2.03. The topological polar surface area (TPSA) is 20.2 Å². The quantitative estimate of drug-likeness (QED) is 0.527. The molecule has 0 aliphatic heterocycles. The molecule has 0 aliphatic rings. The average Bonchev–Trinajstić information content (AvgIpc) is 1.67. The van der Waals surface area contributed by atoms with Crippen LogP contribution in [0.25, 0.3) is 0 Å². The third-order valence-electron chi connectivity index (χ3n) is 1.08. The Hall–Kier alpha value is -0.480. The zero-order valence-corrected chi connectivity index (χ0v) is 5.31. The Morgan fingerprint density at radius 1 is 1.62 bits per heavy atom. The van der Waals surface area contributed by atoms with E-state index >= 15 is 0 Å². The van der Waals surface area contributed by atoms with Crippen LogP contribution in [0.3, 0.4) is 0 Å². The second kappa shape index (κ2) is 3.51. The molecule has 0 saturated carbocycles. The van der Waals surface area contributed by atoms with Crippen LogP contribution in [-0.4, -0.2) is 11.2 Å². The summed E-state index contributed by atoms with van der Waals surface area (Å²) in [4.78, 5) is 0. The normalized spacial score (nSPS) is 13.4. The maximum absolute atomic E-state index is 8.94. The van der Waals surface area contributed by atoms with E-state index in [1.807, 2.05) is 13.8 Å². The molecule has 0 amide bonds. The second-order valence-corrected chi connectivity index (χ2v) is 2.19. The molecule has 1 unspecified atom stereocenters. The molecule has 0 aliphatic carbocycles. The van der Waals surface area contributed by atoms with Crippen molar-refractivity contribution >= 4 is 0 Å². The zero-order chi connectivity index (χ0) is 6.57. The Morgan fingerprint density at radius 3 is 2.25 bits per heavy atom. The van der Waals surface area contributed by atoms with Crippen molar-refractivity contribution in [2.24, 2.45) is 5.92 Å². The molecule has 0 fully saturated rings. The SMILES string of the molecule is [C]#CCC(O)C(C)C. The lowest BCUT2D eigenvalue weighted by atomic mass is 10.1. The van der Waals surface area contributed by atoms with Gasteiger partial charge in [0.05, 0.1) is 6.10 Å². The minimum absolute atomic E-state index is 0.243. The molecule has 8 heavy (non-hydrogen) atoms. The zero-order valence-electron chi connectivity index (χ0n) is 5.31. The van der Waals surface area contributed by atoms with Crippen molar-refractivity contribution in [3.8, 4) is 5.92 Å². The summed E-state index contributed by atoms with van der Waals surface area (Å²) in [6, 6.07) is 0. The first-order chi connectivity index (χ1) is 3.68. The monoisotopic (exact) mass is 111 g/mol. The summed E-state index contributed by atoms with van der Waals surface area (Å²) in [5, 5.41) is 8.94. The van der Waals surface area contributed by atoms with E-state index in [0.717, 1.165) is 0 Å². The van der Waals surface area contributed by atoms with Crippen LogP contribution in [0.2, 0.25) is 0 Å². The second-order valence-electron chi connectivity index (χ2n) is 2.19. The summed E-state index contributed by atoms with van der Waals surface area (Å²) in [5.74, 6) is 2.39. The summed E-state index contributed by atoms with van der Waals surface area (Å²) >= 11 is 0. The lowest BCUT2D eigenvalue weighted by Gasteiger charge is -2.08. The molecule has 0 bridgehead atoms. The van der Waals surface area contributed by atoms with Crippen LogP contribution < -0.4 is 0 Å². The van der Waals surface area contributed by atoms with Gasteiger partial charge in [0.25, 0.3) is 0 Å². The fraction of sp³-hybridized carbons (Fsp3) is 0.714. The van der Waals surface area contributed by atoms with E-state index in [0.29, 0.717) is 6.42 Å². The molecule has 1 heteroatoms. The van der Waals surface area contributed by atoms with Gasteiger partial charge in [-0.25, -0.2) is 0 Å². The molecule has 0 aromatic heterocycles. The molecular weight excluding hydrogens is 100 g/mol. The van der Waals surface area contributed by atoms with Gasteiger partial charge in [-0.3, -0.25) is 0 Å². The van der Waals surface area contributed by atoms with Crippen molar-refractivity contribution in [1.82, 2.24) is 0 Å². The van der Waals surface area contributed by atoms with Gasteiger partial charge in [-0.1, -0.05) is 19.8 Å². The van der Waals surface area contributed by atoms with Crippen LogP contribution in [0, 0.1) is 18.3 Å². The lowest BCUT2D eigenvalue weighted by molar-refractivity contribution is 0.130. The fourth-order valence-electron chi connectivity index (χ4n) is 0.340. The molecule has 45 valence electrons. The summed E-state index contributed by atoms with van der Waals surface area (Å²) in [6.07, 6.45) is 6.49. The van der Waals surface area contributed by atoms with Crippen LogP contribution in [0.1, 0.15) is 20.3 Å². The molecule has 0 saturated heterocycles. The van der Waals surface area contributed by atoms with Crippen molar-refractivity contribution in [3.05, 3.63) is 6.42 Å². The average molecular weight is 111 g/mol. The minimum atomic E-state index is -0.382. The van der Waals surface area contributed by atoms with Crippen LogP contribution >= 0.6 is 0 Å². The molecule has 1 atom stereocenters. The van der Waals surface area contributed by atoms with Crippen LogP contribution in [-0.2, 0) is 0 Å². The van der Waals surface area contributed by atoms with E-state index < -0.39 is 0 Å². The van der Waals surface area contributed by atoms with Gasteiger partial charge in [-0.05, 0) is 12.3 Å². The number of hydrogen-bond donors (Lipinski definition) is 1. The lowest BCUT2D eigenvalue weighted by Crippen LogP contribution is -2.12. The van der Waals surface area contributed by atoms with E-state index in [9.17, 15) is 0 Å². The minimum Gasteiger partial charge on any atom is -0.392 e. The van der Waals surface area contributed by atoms with E-state index in [4.69, 9.17) is 11.5 Å². The summed E-state index contributed by atoms with van der Waals surface area (Å²) in [6.45, 7) is 3.84. The Balaban J connectivity index is 3.35. The summed E-state index contributed by atoms with van der Waals surface area (Å²) in [7, 11) is 0. The molecule has 1 radical (unpaired) electrons. The first kappa shape index (κ1) is 7.52. The van der Waals surface area contributed by atoms with Gasteiger partial charge in [-0.2, -0.15) is 0 Å². The number of aliphatic hydroxyl groups excluding tert-OH is 1. The van der Waals surface area contributed by atoms with Crippen LogP contribution in [0.5, 0.6) is 0 Å². The molecule has 0 spiro atoms. The first-order valence-electron chi connectivity index (χ1n) is 2.76. The van der Waals surface area contributed by atoms with Gasteiger partial charge in [0.2, 0.25) is 0 Å². The predicted octanol–water partition coefficient (Wildman–Crippen LogP) is 0.983. The van der Waals surface area contributed by atoms with Crippen LogP contribution in [0.4, 0.5) is 0 Å². The predicted molar refractivity (Wildman–Crippen MR) is 32.6 cm³/mol. The smallest absolute Gasteiger partial charge is 0.0672 e. The summed E-state index contributed by atoms with van der Waals surface area (Å²) in [5.41, 5.74) is 0. The highest BCUT2D eigenvalue weighted by Gasteiger charge is 2.05. The van der Waals surface area contributed by atoms with Crippen molar-refractivity contribution in [1.29, 1.82) is 0 Å². The Labute approximate surface area is 50.7 Å². The number of hydrogen-bond acceptors (Lipinski definition) is 1. The van der Waals surface area contributed by atoms with E-state index in [2.05, 4.69) is 5.92 Å². The van der Waals surface area contributed by atoms with E-state index in [1.165, 1.54) is 0 Å². The molecule has 0 aromatic rings. The maximum Gasteiger partial charge on any atom is 0.0672 e. The van der Waals surface area contributed by atoms with Crippen molar-refractivity contribution in [2.45, 2.75) is 26.4 Å². The molecule has 0 rings (SSSR count). The Kier molecular flexibility index (Phi) is 3.30. The largest absolute Gasteiger partial charge is 0.392 e. The molecule has 1 N–H and O–H groups in total. The molecular formula is C7H11O. The maximum atomic E-state index is 8.94. The van der Waals surface area contributed by atoms with Crippen molar-refractivity contribution in [2.75, 3.05) is 0 Å². The highest BCUT2D eigenvalue weighted by molar-refractivity contribution is 4.80.